The van der Waals surface area contributed by atoms with Gasteiger partial charge >= 0.3 is 0 Å². The van der Waals surface area contributed by atoms with E-state index in [9.17, 15) is 0 Å². The maximum atomic E-state index is 8.11. The lowest BCUT2D eigenvalue weighted by Gasteiger charge is -2.28. The Labute approximate surface area is 95.2 Å². The van der Waals surface area contributed by atoms with Gasteiger partial charge in [-0.25, -0.2) is 0 Å². The predicted octanol–water partition coefficient (Wildman–Crippen LogP) is 2.37. The Bertz CT molecular complexity index is 339. The van der Waals surface area contributed by atoms with Crippen LogP contribution in [0.2, 0.25) is 0 Å². The van der Waals surface area contributed by atoms with Crippen LogP contribution in [0.15, 0.2) is 24.3 Å². The van der Waals surface area contributed by atoms with Crippen molar-refractivity contribution in [1.82, 2.24) is 4.90 Å². The molecule has 1 heterocycles. The van der Waals surface area contributed by atoms with Crippen LogP contribution in [-0.4, -0.2) is 35.3 Å². The standard InChI is InChI=1S/C12H16N2S/c1-10-2-4-11(5-3-10)12(13)14-6-8-15-9-7-14/h2-5,13H,6-9H2,1H3. The second-order valence-corrected chi connectivity index (χ2v) is 5.04. The molecule has 0 radical (unpaired) electrons. The predicted molar refractivity (Wildman–Crippen MR) is 66.9 cm³/mol. The summed E-state index contributed by atoms with van der Waals surface area (Å²) in [7, 11) is 0. The van der Waals surface area contributed by atoms with Crippen molar-refractivity contribution in [3.63, 3.8) is 0 Å². The summed E-state index contributed by atoms with van der Waals surface area (Å²) < 4.78 is 0. The van der Waals surface area contributed by atoms with Gasteiger partial charge in [0.15, 0.2) is 0 Å². The van der Waals surface area contributed by atoms with Crippen LogP contribution in [-0.2, 0) is 0 Å². The molecular formula is C12H16N2S. The molecule has 15 heavy (non-hydrogen) atoms. The van der Waals surface area contributed by atoms with Crippen LogP contribution in [0.4, 0.5) is 0 Å². The molecule has 80 valence electrons. The van der Waals surface area contributed by atoms with E-state index in [0.29, 0.717) is 5.84 Å². The van der Waals surface area contributed by atoms with E-state index in [1.165, 1.54) is 5.56 Å². The van der Waals surface area contributed by atoms with E-state index >= 15 is 0 Å². The summed E-state index contributed by atoms with van der Waals surface area (Å²) in [5.41, 5.74) is 2.29. The Morgan fingerprint density at radius 2 is 1.80 bits per heavy atom. The highest BCUT2D eigenvalue weighted by Gasteiger charge is 2.14. The highest BCUT2D eigenvalue weighted by Crippen LogP contribution is 2.13. The summed E-state index contributed by atoms with van der Waals surface area (Å²) in [6, 6.07) is 8.23. The van der Waals surface area contributed by atoms with Crippen LogP contribution >= 0.6 is 11.8 Å². The highest BCUT2D eigenvalue weighted by molar-refractivity contribution is 7.99. The summed E-state index contributed by atoms with van der Waals surface area (Å²) >= 11 is 1.98. The van der Waals surface area contributed by atoms with Crippen LogP contribution in [0, 0.1) is 12.3 Å². The van der Waals surface area contributed by atoms with Gasteiger partial charge in [-0.05, 0) is 6.92 Å². The Morgan fingerprint density at radius 3 is 2.40 bits per heavy atom. The molecule has 0 bridgehead atoms. The fourth-order valence-electron chi connectivity index (χ4n) is 1.68. The molecule has 0 saturated carbocycles. The smallest absolute Gasteiger partial charge is 0.128 e. The Morgan fingerprint density at radius 1 is 1.20 bits per heavy atom. The summed E-state index contributed by atoms with van der Waals surface area (Å²) in [4.78, 5) is 2.17. The zero-order chi connectivity index (χ0) is 10.7. The highest BCUT2D eigenvalue weighted by atomic mass is 32.2. The van der Waals surface area contributed by atoms with Gasteiger partial charge in [-0.2, -0.15) is 11.8 Å². The lowest BCUT2D eigenvalue weighted by atomic mass is 10.1. The van der Waals surface area contributed by atoms with E-state index < -0.39 is 0 Å². The third-order valence-electron chi connectivity index (χ3n) is 2.65. The molecule has 2 rings (SSSR count). The molecule has 1 aromatic carbocycles. The zero-order valence-electron chi connectivity index (χ0n) is 8.99. The van der Waals surface area contributed by atoms with Crippen LogP contribution in [0.1, 0.15) is 11.1 Å². The lowest BCUT2D eigenvalue weighted by Crippen LogP contribution is -2.37. The molecule has 0 unspecified atom stereocenters. The summed E-state index contributed by atoms with van der Waals surface area (Å²) in [6.07, 6.45) is 0. The number of hydrogen-bond acceptors (Lipinski definition) is 2. The maximum Gasteiger partial charge on any atom is 0.128 e. The minimum absolute atomic E-state index is 0.676. The van der Waals surface area contributed by atoms with Crippen LogP contribution in [0.25, 0.3) is 0 Å². The first-order valence-corrected chi connectivity index (χ1v) is 6.41. The van der Waals surface area contributed by atoms with Crippen molar-refractivity contribution in [3.8, 4) is 0 Å². The molecule has 0 spiro atoms. The molecule has 0 atom stereocenters. The van der Waals surface area contributed by atoms with Crippen LogP contribution in [0.5, 0.6) is 0 Å². The number of nitrogens with one attached hydrogen (secondary N) is 1. The van der Waals surface area contributed by atoms with E-state index in [4.69, 9.17) is 5.41 Å². The van der Waals surface area contributed by atoms with Gasteiger partial charge in [0, 0.05) is 30.2 Å². The summed E-state index contributed by atoms with van der Waals surface area (Å²) in [6.45, 7) is 4.10. The van der Waals surface area contributed by atoms with Gasteiger partial charge in [0.05, 0.1) is 0 Å². The third-order valence-corrected chi connectivity index (χ3v) is 3.59. The maximum absolute atomic E-state index is 8.11. The van der Waals surface area contributed by atoms with Crippen LogP contribution < -0.4 is 0 Å². The Kier molecular flexibility index (Phi) is 3.31. The quantitative estimate of drug-likeness (QED) is 0.581. The van der Waals surface area contributed by atoms with Gasteiger partial charge in [0.25, 0.3) is 0 Å². The van der Waals surface area contributed by atoms with Crippen LogP contribution in [0.3, 0.4) is 0 Å². The molecule has 2 nitrogen and oxygen atoms in total. The second-order valence-electron chi connectivity index (χ2n) is 3.81. The fourth-order valence-corrected chi connectivity index (χ4v) is 2.58. The topological polar surface area (TPSA) is 27.1 Å². The van der Waals surface area contributed by atoms with Crippen molar-refractivity contribution < 1.29 is 0 Å². The molecule has 0 aromatic heterocycles. The third kappa shape index (κ3) is 2.53. The average molecular weight is 220 g/mol. The molecule has 3 heteroatoms. The normalized spacial score (nSPS) is 16.5. The van der Waals surface area contributed by atoms with Crippen molar-refractivity contribution in [2.45, 2.75) is 6.92 Å². The van der Waals surface area contributed by atoms with E-state index in [1.807, 2.05) is 23.9 Å². The summed E-state index contributed by atoms with van der Waals surface area (Å²) in [5, 5.41) is 8.11. The van der Waals surface area contributed by atoms with Crippen molar-refractivity contribution in [3.05, 3.63) is 35.4 Å². The monoisotopic (exact) mass is 220 g/mol. The number of benzene rings is 1. The molecule has 1 N–H and O–H groups in total. The largest absolute Gasteiger partial charge is 0.355 e. The Balaban J connectivity index is 2.09. The molecule has 1 aliphatic heterocycles. The van der Waals surface area contributed by atoms with E-state index in [0.717, 1.165) is 30.2 Å². The van der Waals surface area contributed by atoms with Gasteiger partial charge in [-0.15, -0.1) is 0 Å². The van der Waals surface area contributed by atoms with Crippen molar-refractivity contribution >= 4 is 17.6 Å². The number of aryl methyl sites for hydroxylation is 1. The SMILES string of the molecule is Cc1ccc(C(=N)N2CCSCC2)cc1. The van der Waals surface area contributed by atoms with Crippen molar-refractivity contribution in [2.24, 2.45) is 0 Å². The second kappa shape index (κ2) is 4.71. The Hall–Kier alpha value is -0.960. The fraction of sp³-hybridized carbons (Fsp3) is 0.417. The van der Waals surface area contributed by atoms with E-state index in [-0.39, 0.29) is 0 Å². The molecule has 0 amide bonds. The zero-order valence-corrected chi connectivity index (χ0v) is 9.81. The molecule has 1 aromatic rings. The van der Waals surface area contributed by atoms with E-state index in [1.54, 1.807) is 0 Å². The average Bonchev–Trinajstić information content (AvgIpc) is 2.30. The first-order chi connectivity index (χ1) is 7.27. The summed E-state index contributed by atoms with van der Waals surface area (Å²) in [5.74, 6) is 2.97. The van der Waals surface area contributed by atoms with Gasteiger partial charge < -0.3 is 4.90 Å². The van der Waals surface area contributed by atoms with Gasteiger partial charge in [0.2, 0.25) is 0 Å². The number of rotatable bonds is 1. The van der Waals surface area contributed by atoms with Crippen molar-refractivity contribution in [2.75, 3.05) is 24.6 Å². The molecular weight excluding hydrogens is 204 g/mol. The molecule has 1 fully saturated rings. The molecule has 0 aliphatic carbocycles. The first-order valence-electron chi connectivity index (χ1n) is 5.25. The van der Waals surface area contributed by atoms with Gasteiger partial charge in [-0.1, -0.05) is 29.8 Å². The number of thioether (sulfide) groups is 1. The number of hydrogen-bond donors (Lipinski definition) is 1. The minimum atomic E-state index is 0.676. The molecule has 1 saturated heterocycles. The van der Waals surface area contributed by atoms with Gasteiger partial charge in [-0.3, -0.25) is 5.41 Å². The van der Waals surface area contributed by atoms with Gasteiger partial charge in [0.1, 0.15) is 5.84 Å². The van der Waals surface area contributed by atoms with E-state index in [2.05, 4.69) is 24.0 Å². The minimum Gasteiger partial charge on any atom is -0.355 e. The molecule has 1 aliphatic rings. The lowest BCUT2D eigenvalue weighted by molar-refractivity contribution is 0.461. The number of amidine groups is 1. The number of nitrogens with zero attached hydrogens (tertiary/aromatic N) is 1. The van der Waals surface area contributed by atoms with Crippen molar-refractivity contribution in [1.29, 1.82) is 5.41 Å². The first kappa shape index (κ1) is 10.6.